The molecule has 4 nitrogen and oxygen atoms in total. The molecule has 1 aliphatic rings. The Labute approximate surface area is 136 Å². The lowest BCUT2D eigenvalue weighted by molar-refractivity contribution is 0.0792. The van der Waals surface area contributed by atoms with E-state index < -0.39 is 0 Å². The molecular formula is C19H19N2O2. The van der Waals surface area contributed by atoms with E-state index in [2.05, 4.69) is 11.4 Å². The van der Waals surface area contributed by atoms with Crippen molar-refractivity contribution >= 4 is 17.5 Å². The summed E-state index contributed by atoms with van der Waals surface area (Å²) in [5.41, 5.74) is 2.84. The molecule has 0 bridgehead atoms. The van der Waals surface area contributed by atoms with Gasteiger partial charge in [-0.25, -0.2) is 0 Å². The maximum Gasteiger partial charge on any atom is 0.255 e. The molecule has 0 saturated carbocycles. The number of hydrogen-bond donors (Lipinski definition) is 1. The van der Waals surface area contributed by atoms with Gasteiger partial charge in [0.15, 0.2) is 0 Å². The third-order valence-electron chi connectivity index (χ3n) is 4.00. The van der Waals surface area contributed by atoms with Gasteiger partial charge in [0.2, 0.25) is 0 Å². The summed E-state index contributed by atoms with van der Waals surface area (Å²) < 4.78 is 0. The van der Waals surface area contributed by atoms with Gasteiger partial charge in [-0.05, 0) is 56.2 Å². The molecule has 1 saturated heterocycles. The summed E-state index contributed by atoms with van der Waals surface area (Å²) in [5, 5.41) is 2.82. The lowest BCUT2D eigenvalue weighted by Crippen LogP contribution is -2.27. The first-order chi connectivity index (χ1) is 11.1. The van der Waals surface area contributed by atoms with Crippen molar-refractivity contribution in [3.05, 3.63) is 65.2 Å². The summed E-state index contributed by atoms with van der Waals surface area (Å²) in [6.45, 7) is 3.58. The topological polar surface area (TPSA) is 49.4 Å². The third kappa shape index (κ3) is 3.59. The maximum absolute atomic E-state index is 12.4. The van der Waals surface area contributed by atoms with Gasteiger partial charge in [-0.15, -0.1) is 0 Å². The Morgan fingerprint density at radius 3 is 2.43 bits per heavy atom. The number of anilines is 1. The van der Waals surface area contributed by atoms with Gasteiger partial charge in [0.05, 0.1) is 0 Å². The zero-order valence-corrected chi connectivity index (χ0v) is 13.1. The van der Waals surface area contributed by atoms with E-state index in [1.165, 1.54) is 0 Å². The van der Waals surface area contributed by atoms with Crippen LogP contribution in [0, 0.1) is 13.0 Å². The van der Waals surface area contributed by atoms with Crippen LogP contribution in [0.4, 0.5) is 5.69 Å². The molecule has 0 spiro atoms. The fraction of sp³-hybridized carbons (Fsp3) is 0.263. The van der Waals surface area contributed by atoms with Crippen LogP contribution < -0.4 is 5.32 Å². The van der Waals surface area contributed by atoms with Crippen LogP contribution in [0.15, 0.2) is 42.5 Å². The van der Waals surface area contributed by atoms with Crippen LogP contribution in [0.25, 0.3) is 0 Å². The van der Waals surface area contributed by atoms with Crippen LogP contribution >= 0.6 is 0 Å². The van der Waals surface area contributed by atoms with Crippen molar-refractivity contribution in [3.63, 3.8) is 0 Å². The molecule has 3 rings (SSSR count). The average Bonchev–Trinajstić information content (AvgIpc) is 3.09. The molecule has 1 radical (unpaired) electrons. The molecule has 1 aliphatic heterocycles. The predicted molar refractivity (Wildman–Crippen MR) is 89.5 cm³/mol. The molecule has 117 valence electrons. The minimum atomic E-state index is -0.191. The van der Waals surface area contributed by atoms with E-state index in [1.54, 1.807) is 30.3 Å². The van der Waals surface area contributed by atoms with Crippen LogP contribution in [-0.2, 0) is 0 Å². The summed E-state index contributed by atoms with van der Waals surface area (Å²) in [4.78, 5) is 26.5. The summed E-state index contributed by atoms with van der Waals surface area (Å²) in [7, 11) is 0. The van der Waals surface area contributed by atoms with E-state index in [9.17, 15) is 9.59 Å². The lowest BCUT2D eigenvalue weighted by atomic mass is 10.1. The van der Waals surface area contributed by atoms with E-state index in [4.69, 9.17) is 0 Å². The molecule has 0 atom stereocenters. The first kappa shape index (κ1) is 15.3. The van der Waals surface area contributed by atoms with E-state index in [0.717, 1.165) is 31.5 Å². The van der Waals surface area contributed by atoms with Crippen molar-refractivity contribution in [1.29, 1.82) is 0 Å². The predicted octanol–water partition coefficient (Wildman–Crippen LogP) is 3.28. The summed E-state index contributed by atoms with van der Waals surface area (Å²) >= 11 is 0. The molecule has 2 aromatic carbocycles. The van der Waals surface area contributed by atoms with Crippen LogP contribution in [0.3, 0.4) is 0 Å². The monoisotopic (exact) mass is 307 g/mol. The Bertz CT molecular complexity index is 716. The highest BCUT2D eigenvalue weighted by molar-refractivity contribution is 6.05. The highest BCUT2D eigenvalue weighted by atomic mass is 16.2. The van der Waals surface area contributed by atoms with Crippen LogP contribution in [0.2, 0.25) is 0 Å². The van der Waals surface area contributed by atoms with Crippen LogP contribution in [-0.4, -0.2) is 29.8 Å². The van der Waals surface area contributed by atoms with Gasteiger partial charge in [0.1, 0.15) is 0 Å². The number of likely N-dealkylation sites (tertiary alicyclic amines) is 1. The number of carbonyl (C=O) groups is 2. The molecular weight excluding hydrogens is 288 g/mol. The Morgan fingerprint density at radius 1 is 1.04 bits per heavy atom. The van der Waals surface area contributed by atoms with Gasteiger partial charge in [0, 0.05) is 29.9 Å². The van der Waals surface area contributed by atoms with Gasteiger partial charge < -0.3 is 10.2 Å². The summed E-state index contributed by atoms with van der Waals surface area (Å²) in [5.74, 6) is -0.186. The molecule has 0 aromatic heterocycles. The van der Waals surface area contributed by atoms with Crippen LogP contribution in [0.5, 0.6) is 0 Å². The summed E-state index contributed by atoms with van der Waals surface area (Å²) in [6, 6.07) is 15.4. The number of benzene rings is 2. The first-order valence-corrected chi connectivity index (χ1v) is 7.82. The van der Waals surface area contributed by atoms with Gasteiger partial charge in [-0.1, -0.05) is 17.7 Å². The van der Waals surface area contributed by atoms with Gasteiger partial charge in [-0.3, -0.25) is 9.59 Å². The molecule has 1 N–H and O–H groups in total. The van der Waals surface area contributed by atoms with Crippen molar-refractivity contribution in [2.24, 2.45) is 0 Å². The lowest BCUT2D eigenvalue weighted by Gasteiger charge is -2.15. The number of amides is 2. The number of nitrogens with zero attached hydrogens (tertiary/aromatic N) is 1. The number of hydrogen-bond acceptors (Lipinski definition) is 2. The second-order valence-electron chi connectivity index (χ2n) is 5.83. The van der Waals surface area contributed by atoms with Gasteiger partial charge in [-0.2, -0.15) is 0 Å². The van der Waals surface area contributed by atoms with E-state index in [-0.39, 0.29) is 11.8 Å². The van der Waals surface area contributed by atoms with Crippen molar-refractivity contribution in [2.75, 3.05) is 18.4 Å². The second-order valence-corrected chi connectivity index (χ2v) is 5.83. The number of carbonyl (C=O) groups excluding carboxylic acids is 2. The Hall–Kier alpha value is -2.62. The first-order valence-electron chi connectivity index (χ1n) is 7.82. The average molecular weight is 307 g/mol. The van der Waals surface area contributed by atoms with E-state index in [1.807, 2.05) is 24.0 Å². The number of rotatable bonds is 3. The molecule has 1 fully saturated rings. The van der Waals surface area contributed by atoms with Crippen molar-refractivity contribution in [3.8, 4) is 0 Å². The largest absolute Gasteiger partial charge is 0.339 e. The normalized spacial score (nSPS) is 13.9. The van der Waals surface area contributed by atoms with E-state index in [0.29, 0.717) is 16.8 Å². The highest BCUT2D eigenvalue weighted by Gasteiger charge is 2.19. The number of aryl methyl sites for hydroxylation is 1. The minimum absolute atomic E-state index is 0.00480. The smallest absolute Gasteiger partial charge is 0.255 e. The molecule has 2 amide bonds. The molecule has 0 unspecified atom stereocenters. The Balaban J connectivity index is 1.73. The highest BCUT2D eigenvalue weighted by Crippen LogP contribution is 2.17. The Kier molecular flexibility index (Phi) is 4.42. The van der Waals surface area contributed by atoms with Crippen molar-refractivity contribution < 1.29 is 9.59 Å². The number of nitrogens with one attached hydrogen (secondary N) is 1. The molecule has 0 aliphatic carbocycles. The second kappa shape index (κ2) is 6.65. The van der Waals surface area contributed by atoms with Gasteiger partial charge >= 0.3 is 0 Å². The molecule has 2 aromatic rings. The zero-order chi connectivity index (χ0) is 16.2. The van der Waals surface area contributed by atoms with Crippen molar-refractivity contribution in [2.45, 2.75) is 19.8 Å². The van der Waals surface area contributed by atoms with Gasteiger partial charge in [0.25, 0.3) is 11.8 Å². The maximum atomic E-state index is 12.4. The fourth-order valence-electron chi connectivity index (χ4n) is 2.68. The SMILES string of the molecule is Cc1ccc(C(=O)Nc2c[c]cc(C(=O)N3CCCC3)c2)cc1. The zero-order valence-electron chi connectivity index (χ0n) is 13.1. The summed E-state index contributed by atoms with van der Waals surface area (Å²) in [6.07, 6.45) is 2.11. The Morgan fingerprint density at radius 2 is 1.74 bits per heavy atom. The molecule has 1 heterocycles. The quantitative estimate of drug-likeness (QED) is 0.946. The standard InChI is InChI=1S/C19H19N2O2/c1-14-7-9-15(10-8-14)18(22)20-17-6-4-5-16(13-17)19(23)21-11-2-3-12-21/h5-10,13H,2-3,11-12H2,1H3,(H,20,22). The van der Waals surface area contributed by atoms with Crippen molar-refractivity contribution in [1.82, 2.24) is 4.90 Å². The molecule has 23 heavy (non-hydrogen) atoms. The minimum Gasteiger partial charge on any atom is -0.339 e. The molecule has 4 heteroatoms. The van der Waals surface area contributed by atoms with E-state index >= 15 is 0 Å². The van der Waals surface area contributed by atoms with Crippen LogP contribution in [0.1, 0.15) is 39.1 Å². The fourth-order valence-corrected chi connectivity index (χ4v) is 2.68. The third-order valence-corrected chi connectivity index (χ3v) is 4.00.